The minimum Gasteiger partial charge on any atom is -0.497 e. The summed E-state index contributed by atoms with van der Waals surface area (Å²) < 4.78 is 10.7. The lowest BCUT2D eigenvalue weighted by Crippen LogP contribution is -2.32. The summed E-state index contributed by atoms with van der Waals surface area (Å²) >= 11 is 0. The van der Waals surface area contributed by atoms with Crippen molar-refractivity contribution in [3.63, 3.8) is 0 Å². The fraction of sp³-hybridized carbons (Fsp3) is 0.316. The van der Waals surface area contributed by atoms with Crippen molar-refractivity contribution in [1.29, 1.82) is 0 Å². The molecule has 2 aromatic rings. The third-order valence-electron chi connectivity index (χ3n) is 3.53. The second-order valence-electron chi connectivity index (χ2n) is 5.69. The predicted octanol–water partition coefficient (Wildman–Crippen LogP) is 4.02. The molecule has 0 aliphatic rings. The third-order valence-corrected chi connectivity index (χ3v) is 3.53. The van der Waals surface area contributed by atoms with Gasteiger partial charge < -0.3 is 20.1 Å². The zero-order valence-electron chi connectivity index (χ0n) is 14.3. The van der Waals surface area contributed by atoms with E-state index in [9.17, 15) is 4.79 Å². The lowest BCUT2D eigenvalue weighted by Gasteiger charge is -2.11. The zero-order valence-corrected chi connectivity index (χ0v) is 14.3. The van der Waals surface area contributed by atoms with Gasteiger partial charge in [0.2, 0.25) is 0 Å². The van der Waals surface area contributed by atoms with Crippen molar-refractivity contribution in [3.8, 4) is 11.5 Å². The van der Waals surface area contributed by atoms with E-state index in [-0.39, 0.29) is 6.03 Å². The molecular formula is C19H24N2O3. The van der Waals surface area contributed by atoms with Crippen LogP contribution in [0.1, 0.15) is 25.3 Å². The Balaban J connectivity index is 1.71. The molecule has 0 radical (unpaired) electrons. The fourth-order valence-electron chi connectivity index (χ4n) is 2.15. The van der Waals surface area contributed by atoms with Crippen molar-refractivity contribution in [2.45, 2.75) is 19.8 Å². The van der Waals surface area contributed by atoms with E-state index in [2.05, 4.69) is 30.5 Å². The monoisotopic (exact) mass is 328 g/mol. The Morgan fingerprint density at radius 1 is 1.08 bits per heavy atom. The molecule has 0 aliphatic carbocycles. The molecule has 128 valence electrons. The third kappa shape index (κ3) is 5.50. The van der Waals surface area contributed by atoms with Crippen LogP contribution in [0.25, 0.3) is 0 Å². The normalized spacial score (nSPS) is 10.3. The molecule has 0 heterocycles. The van der Waals surface area contributed by atoms with Crippen LogP contribution in [0.15, 0.2) is 48.5 Å². The Morgan fingerprint density at radius 2 is 1.83 bits per heavy atom. The maximum Gasteiger partial charge on any atom is 0.319 e. The first-order valence-corrected chi connectivity index (χ1v) is 8.00. The van der Waals surface area contributed by atoms with E-state index < -0.39 is 0 Å². The molecule has 2 N–H and O–H groups in total. The molecular weight excluding hydrogens is 304 g/mol. The molecule has 2 rings (SSSR count). The van der Waals surface area contributed by atoms with Crippen LogP contribution in [0.3, 0.4) is 0 Å². The highest BCUT2D eigenvalue weighted by atomic mass is 16.5. The van der Waals surface area contributed by atoms with Crippen LogP contribution in [-0.2, 0) is 0 Å². The lowest BCUT2D eigenvalue weighted by molar-refractivity contribution is 0.247. The van der Waals surface area contributed by atoms with Crippen LogP contribution in [-0.4, -0.2) is 26.3 Å². The molecule has 24 heavy (non-hydrogen) atoms. The van der Waals surface area contributed by atoms with Crippen molar-refractivity contribution in [2.24, 2.45) is 0 Å². The van der Waals surface area contributed by atoms with Crippen molar-refractivity contribution < 1.29 is 14.3 Å². The van der Waals surface area contributed by atoms with Gasteiger partial charge in [0.15, 0.2) is 0 Å². The number of carbonyl (C=O) groups excluding carboxylic acids is 1. The first-order valence-electron chi connectivity index (χ1n) is 8.00. The molecule has 0 saturated heterocycles. The Labute approximate surface area is 143 Å². The number of amides is 2. The Kier molecular flexibility index (Phi) is 6.49. The number of hydrogen-bond donors (Lipinski definition) is 2. The number of ether oxygens (including phenoxy) is 2. The summed E-state index contributed by atoms with van der Waals surface area (Å²) in [5, 5.41) is 5.52. The summed E-state index contributed by atoms with van der Waals surface area (Å²) in [5.74, 6) is 2.03. The Bertz CT molecular complexity index is 654. The number of nitrogens with one attached hydrogen (secondary N) is 2. The first-order chi connectivity index (χ1) is 11.6. The van der Waals surface area contributed by atoms with Crippen molar-refractivity contribution in [1.82, 2.24) is 5.32 Å². The second kappa shape index (κ2) is 8.82. The zero-order chi connectivity index (χ0) is 17.4. The predicted molar refractivity (Wildman–Crippen MR) is 96.0 cm³/mol. The minimum atomic E-state index is -0.264. The van der Waals surface area contributed by atoms with Gasteiger partial charge in [-0.1, -0.05) is 26.0 Å². The molecule has 0 bridgehead atoms. The molecule has 2 aromatic carbocycles. The van der Waals surface area contributed by atoms with Crippen LogP contribution in [0.2, 0.25) is 0 Å². The highest BCUT2D eigenvalue weighted by Crippen LogP contribution is 2.20. The van der Waals surface area contributed by atoms with Gasteiger partial charge in [-0.15, -0.1) is 0 Å². The van der Waals surface area contributed by atoms with E-state index >= 15 is 0 Å². The average molecular weight is 328 g/mol. The summed E-state index contributed by atoms with van der Waals surface area (Å²) in [6, 6.07) is 14.9. The highest BCUT2D eigenvalue weighted by Gasteiger charge is 2.03. The maximum atomic E-state index is 11.8. The average Bonchev–Trinajstić information content (AvgIpc) is 2.59. The van der Waals surface area contributed by atoms with Gasteiger partial charge in [0.25, 0.3) is 0 Å². The Hall–Kier alpha value is -2.69. The number of benzene rings is 2. The smallest absolute Gasteiger partial charge is 0.319 e. The largest absolute Gasteiger partial charge is 0.497 e. The molecule has 0 atom stereocenters. The molecule has 2 amide bonds. The quantitative estimate of drug-likeness (QED) is 0.755. The van der Waals surface area contributed by atoms with Crippen molar-refractivity contribution in [2.75, 3.05) is 25.6 Å². The standard InChI is InChI=1S/C19H24N2O3/c1-14(2)15-5-4-6-18(13-15)24-12-11-20-19(22)21-16-7-9-17(23-3)10-8-16/h4-10,13-14H,11-12H2,1-3H3,(H2,20,21,22). The van der Waals surface area contributed by atoms with Crippen molar-refractivity contribution >= 4 is 11.7 Å². The van der Waals surface area contributed by atoms with Gasteiger partial charge in [0, 0.05) is 5.69 Å². The van der Waals surface area contributed by atoms with Gasteiger partial charge in [0.1, 0.15) is 18.1 Å². The van der Waals surface area contributed by atoms with Gasteiger partial charge in [-0.3, -0.25) is 0 Å². The van der Waals surface area contributed by atoms with Gasteiger partial charge in [-0.05, 0) is 47.9 Å². The highest BCUT2D eigenvalue weighted by molar-refractivity contribution is 5.89. The summed E-state index contributed by atoms with van der Waals surface area (Å²) in [6.07, 6.45) is 0. The molecule has 5 nitrogen and oxygen atoms in total. The van der Waals surface area contributed by atoms with Gasteiger partial charge in [-0.25, -0.2) is 4.79 Å². The van der Waals surface area contributed by atoms with E-state index in [1.807, 2.05) is 18.2 Å². The van der Waals surface area contributed by atoms with Crippen LogP contribution < -0.4 is 20.1 Å². The molecule has 0 saturated carbocycles. The number of urea groups is 1. The molecule has 0 aromatic heterocycles. The fourth-order valence-corrected chi connectivity index (χ4v) is 2.15. The number of hydrogen-bond acceptors (Lipinski definition) is 3. The van der Waals surface area contributed by atoms with Gasteiger partial charge in [0.05, 0.1) is 13.7 Å². The Morgan fingerprint density at radius 3 is 2.50 bits per heavy atom. The second-order valence-corrected chi connectivity index (χ2v) is 5.69. The number of anilines is 1. The molecule has 0 fully saturated rings. The van der Waals surface area contributed by atoms with E-state index in [1.165, 1.54) is 5.56 Å². The molecule has 0 spiro atoms. The minimum absolute atomic E-state index is 0.264. The van der Waals surface area contributed by atoms with E-state index in [1.54, 1.807) is 31.4 Å². The summed E-state index contributed by atoms with van der Waals surface area (Å²) in [7, 11) is 1.60. The number of carbonyl (C=O) groups is 1. The van der Waals surface area contributed by atoms with Crippen LogP contribution in [0, 0.1) is 0 Å². The van der Waals surface area contributed by atoms with Crippen LogP contribution in [0.4, 0.5) is 10.5 Å². The summed E-state index contributed by atoms with van der Waals surface area (Å²) in [6.45, 7) is 5.12. The van der Waals surface area contributed by atoms with Gasteiger partial charge in [-0.2, -0.15) is 0 Å². The molecule has 0 aliphatic heterocycles. The maximum absolute atomic E-state index is 11.8. The first kappa shape index (κ1) is 17.7. The SMILES string of the molecule is COc1ccc(NC(=O)NCCOc2cccc(C(C)C)c2)cc1. The van der Waals surface area contributed by atoms with Gasteiger partial charge >= 0.3 is 6.03 Å². The van der Waals surface area contributed by atoms with E-state index in [0.29, 0.717) is 24.8 Å². The van der Waals surface area contributed by atoms with Crippen LogP contribution >= 0.6 is 0 Å². The van der Waals surface area contributed by atoms with E-state index in [4.69, 9.17) is 9.47 Å². The van der Waals surface area contributed by atoms with E-state index in [0.717, 1.165) is 11.5 Å². The topological polar surface area (TPSA) is 59.6 Å². The molecule has 0 unspecified atom stereocenters. The molecule has 5 heteroatoms. The number of methoxy groups -OCH3 is 1. The summed E-state index contributed by atoms with van der Waals surface area (Å²) in [5.41, 5.74) is 1.94. The van der Waals surface area contributed by atoms with Crippen LogP contribution in [0.5, 0.6) is 11.5 Å². The lowest BCUT2D eigenvalue weighted by atomic mass is 10.0. The number of rotatable bonds is 7. The summed E-state index contributed by atoms with van der Waals surface area (Å²) in [4.78, 5) is 11.8. The van der Waals surface area contributed by atoms with Crippen molar-refractivity contribution in [3.05, 3.63) is 54.1 Å².